The van der Waals surface area contributed by atoms with E-state index in [0.717, 1.165) is 5.56 Å². The molecule has 0 aliphatic carbocycles. The van der Waals surface area contributed by atoms with E-state index >= 15 is 0 Å². The maximum Gasteiger partial charge on any atom is 0.262 e. The fraction of sp³-hybridized carbons (Fsp3) is 0.385. The minimum atomic E-state index is -1.32. The summed E-state index contributed by atoms with van der Waals surface area (Å²) in [6, 6.07) is 5.45. The molecule has 0 radical (unpaired) electrons. The molecule has 1 atom stereocenters. The van der Waals surface area contributed by atoms with Gasteiger partial charge in [0.2, 0.25) is 5.16 Å². The molecular weight excluding hydrogens is 264 g/mol. The molecule has 0 amide bonds. The zero-order chi connectivity index (χ0) is 14.0. The van der Waals surface area contributed by atoms with E-state index in [1.54, 1.807) is 13.2 Å². The van der Waals surface area contributed by atoms with Gasteiger partial charge in [-0.05, 0) is 18.6 Å². The topological polar surface area (TPSA) is 61.2 Å². The van der Waals surface area contributed by atoms with Crippen molar-refractivity contribution in [2.45, 2.75) is 18.6 Å². The van der Waals surface area contributed by atoms with Crippen molar-refractivity contribution in [1.82, 2.24) is 9.55 Å². The highest BCUT2D eigenvalue weighted by Gasteiger charge is 2.14. The first-order chi connectivity index (χ1) is 9.06. The molecule has 0 N–H and O–H groups in total. The third-order valence-corrected chi connectivity index (χ3v) is 3.75. The van der Waals surface area contributed by atoms with Crippen molar-refractivity contribution in [1.29, 1.82) is 0 Å². The summed E-state index contributed by atoms with van der Waals surface area (Å²) in [5.74, 6) is 0. The lowest BCUT2D eigenvalue weighted by molar-refractivity contribution is 0.183. The van der Waals surface area contributed by atoms with Crippen LogP contribution in [0.3, 0.4) is 0 Å². The molecule has 1 heterocycles. The van der Waals surface area contributed by atoms with Crippen LogP contribution in [-0.4, -0.2) is 33.7 Å². The van der Waals surface area contributed by atoms with E-state index in [1.807, 2.05) is 19.1 Å². The number of ether oxygens (including phenoxy) is 1. The molecule has 1 unspecified atom stereocenters. The number of rotatable bonds is 4. The summed E-state index contributed by atoms with van der Waals surface area (Å²) >= 11 is 0. The van der Waals surface area contributed by atoms with Crippen LogP contribution in [0, 0.1) is 6.92 Å². The van der Waals surface area contributed by atoms with Gasteiger partial charge in [-0.3, -0.25) is 13.6 Å². The zero-order valence-electron chi connectivity index (χ0n) is 11.2. The van der Waals surface area contributed by atoms with Gasteiger partial charge in [0.25, 0.3) is 5.56 Å². The second kappa shape index (κ2) is 5.63. The smallest absolute Gasteiger partial charge is 0.262 e. The van der Waals surface area contributed by atoms with Gasteiger partial charge in [0, 0.05) is 13.4 Å². The van der Waals surface area contributed by atoms with E-state index in [4.69, 9.17) is 4.74 Å². The highest BCUT2D eigenvalue weighted by atomic mass is 32.2. The first kappa shape index (κ1) is 13.9. The van der Waals surface area contributed by atoms with Crippen LogP contribution >= 0.6 is 0 Å². The molecule has 2 rings (SSSR count). The number of hydrogen-bond acceptors (Lipinski definition) is 4. The predicted molar refractivity (Wildman–Crippen MR) is 74.9 cm³/mol. The Labute approximate surface area is 113 Å². The third kappa shape index (κ3) is 2.59. The summed E-state index contributed by atoms with van der Waals surface area (Å²) < 4.78 is 18.2. The highest BCUT2D eigenvalue weighted by Crippen LogP contribution is 2.14. The first-order valence-corrected chi connectivity index (χ1v) is 7.44. The Morgan fingerprint density at radius 1 is 1.42 bits per heavy atom. The SMILES string of the molecule is COCCn1c(S(C)=O)nc2c(C)cccc2c1=O. The third-order valence-electron chi connectivity index (χ3n) is 2.93. The fourth-order valence-electron chi connectivity index (χ4n) is 1.97. The highest BCUT2D eigenvalue weighted by molar-refractivity contribution is 7.84. The van der Waals surface area contributed by atoms with Crippen molar-refractivity contribution in [3.05, 3.63) is 34.1 Å². The Morgan fingerprint density at radius 3 is 2.79 bits per heavy atom. The number of nitrogens with zero attached hydrogens (tertiary/aromatic N) is 2. The van der Waals surface area contributed by atoms with Gasteiger partial charge < -0.3 is 4.74 Å². The van der Waals surface area contributed by atoms with E-state index < -0.39 is 10.8 Å². The number of benzene rings is 1. The lowest BCUT2D eigenvalue weighted by Gasteiger charge is -2.12. The molecule has 0 bridgehead atoms. The van der Waals surface area contributed by atoms with Crippen molar-refractivity contribution in [2.24, 2.45) is 0 Å². The first-order valence-electron chi connectivity index (χ1n) is 5.88. The predicted octanol–water partition coefficient (Wildman–Crippen LogP) is 1.09. The molecule has 0 saturated heterocycles. The monoisotopic (exact) mass is 280 g/mol. The summed E-state index contributed by atoms with van der Waals surface area (Å²) in [4.78, 5) is 16.8. The van der Waals surface area contributed by atoms with Gasteiger partial charge in [0.05, 0.1) is 34.9 Å². The van der Waals surface area contributed by atoms with Crippen LogP contribution in [-0.2, 0) is 22.1 Å². The Balaban J connectivity index is 2.78. The number of hydrogen-bond donors (Lipinski definition) is 0. The maximum absolute atomic E-state index is 12.4. The Kier molecular flexibility index (Phi) is 4.11. The van der Waals surface area contributed by atoms with Crippen LogP contribution in [0.1, 0.15) is 5.56 Å². The van der Waals surface area contributed by atoms with Gasteiger partial charge in [-0.2, -0.15) is 0 Å². The van der Waals surface area contributed by atoms with Crippen LogP contribution in [0.15, 0.2) is 28.2 Å². The van der Waals surface area contributed by atoms with E-state index in [0.29, 0.717) is 29.2 Å². The molecule has 102 valence electrons. The standard InChI is InChI=1S/C13H16N2O3S/c1-9-5-4-6-10-11(9)14-13(19(3)17)15(12(10)16)7-8-18-2/h4-6H,7-8H2,1-3H3. The Morgan fingerprint density at radius 2 is 2.16 bits per heavy atom. The Bertz CT molecular complexity index is 694. The normalized spacial score (nSPS) is 12.8. The largest absolute Gasteiger partial charge is 0.383 e. The summed E-state index contributed by atoms with van der Waals surface area (Å²) in [7, 11) is 0.239. The van der Waals surface area contributed by atoms with Gasteiger partial charge in [-0.15, -0.1) is 0 Å². The van der Waals surface area contributed by atoms with Gasteiger partial charge in [-0.25, -0.2) is 4.98 Å². The Hall–Kier alpha value is -1.53. The summed E-state index contributed by atoms with van der Waals surface area (Å²) in [6.45, 7) is 2.61. The molecule has 2 aromatic rings. The molecule has 0 aliphatic rings. The molecule has 0 spiro atoms. The minimum Gasteiger partial charge on any atom is -0.383 e. The molecule has 0 saturated carbocycles. The molecule has 0 fully saturated rings. The lowest BCUT2D eigenvalue weighted by atomic mass is 10.1. The number of methoxy groups -OCH3 is 1. The van der Waals surface area contributed by atoms with Crippen LogP contribution in [0.25, 0.3) is 10.9 Å². The van der Waals surface area contributed by atoms with Crippen molar-refractivity contribution >= 4 is 21.7 Å². The molecule has 5 nitrogen and oxygen atoms in total. The van der Waals surface area contributed by atoms with E-state index in [2.05, 4.69) is 4.98 Å². The van der Waals surface area contributed by atoms with Crippen molar-refractivity contribution in [2.75, 3.05) is 20.0 Å². The number of para-hydroxylation sites is 1. The van der Waals surface area contributed by atoms with Crippen molar-refractivity contribution in [3.63, 3.8) is 0 Å². The number of aromatic nitrogens is 2. The molecule has 1 aromatic carbocycles. The fourth-order valence-corrected chi connectivity index (χ4v) is 2.67. The van der Waals surface area contributed by atoms with Gasteiger partial charge >= 0.3 is 0 Å². The average molecular weight is 280 g/mol. The van der Waals surface area contributed by atoms with E-state index in [9.17, 15) is 9.00 Å². The second-order valence-corrected chi connectivity index (χ2v) is 5.54. The van der Waals surface area contributed by atoms with Crippen LogP contribution in [0.2, 0.25) is 0 Å². The molecular formula is C13H16N2O3S. The quantitative estimate of drug-likeness (QED) is 0.787. The number of aryl methyl sites for hydroxylation is 1. The molecule has 1 aromatic heterocycles. The summed E-state index contributed by atoms with van der Waals surface area (Å²) in [5, 5.41) is 0.842. The van der Waals surface area contributed by atoms with Crippen LogP contribution in [0.4, 0.5) is 0 Å². The maximum atomic E-state index is 12.4. The van der Waals surface area contributed by atoms with Gasteiger partial charge in [-0.1, -0.05) is 12.1 Å². The molecule has 0 aliphatic heterocycles. The van der Waals surface area contributed by atoms with Crippen LogP contribution < -0.4 is 5.56 Å². The molecule has 6 heteroatoms. The average Bonchev–Trinajstić information content (AvgIpc) is 2.38. The zero-order valence-corrected chi connectivity index (χ0v) is 12.0. The van der Waals surface area contributed by atoms with Gasteiger partial charge in [0.1, 0.15) is 0 Å². The number of fused-ring (bicyclic) bond motifs is 1. The van der Waals surface area contributed by atoms with E-state index in [1.165, 1.54) is 10.8 Å². The summed E-state index contributed by atoms with van der Waals surface area (Å²) in [5.41, 5.74) is 1.35. The lowest BCUT2D eigenvalue weighted by Crippen LogP contribution is -2.27. The second-order valence-electron chi connectivity index (χ2n) is 4.27. The van der Waals surface area contributed by atoms with Gasteiger partial charge in [0.15, 0.2) is 0 Å². The molecule has 19 heavy (non-hydrogen) atoms. The van der Waals surface area contributed by atoms with Crippen molar-refractivity contribution in [3.8, 4) is 0 Å². The van der Waals surface area contributed by atoms with Crippen molar-refractivity contribution < 1.29 is 8.95 Å². The van der Waals surface area contributed by atoms with E-state index in [-0.39, 0.29) is 5.56 Å². The minimum absolute atomic E-state index is 0.170. The van der Waals surface area contributed by atoms with Crippen LogP contribution in [0.5, 0.6) is 0 Å². The summed E-state index contributed by atoms with van der Waals surface area (Å²) in [6.07, 6.45) is 1.52.